The number of carbonyl (C=O) groups is 1. The van der Waals surface area contributed by atoms with Crippen LogP contribution in [-0.2, 0) is 12.8 Å². The number of likely N-dealkylation sites (tertiary alicyclic amines) is 1. The van der Waals surface area contributed by atoms with Gasteiger partial charge in [0.2, 0.25) is 0 Å². The van der Waals surface area contributed by atoms with Gasteiger partial charge in [-0.1, -0.05) is 12.1 Å². The normalized spacial score (nSPS) is 20.0. The van der Waals surface area contributed by atoms with Gasteiger partial charge in [-0.25, -0.2) is 0 Å². The maximum absolute atomic E-state index is 12.5. The highest BCUT2D eigenvalue weighted by atomic mass is 16.1. The summed E-state index contributed by atoms with van der Waals surface area (Å²) in [5.41, 5.74) is 3.75. The second-order valence-corrected chi connectivity index (χ2v) is 6.73. The molecule has 0 unspecified atom stereocenters. The van der Waals surface area contributed by atoms with Crippen LogP contribution in [0.1, 0.15) is 40.7 Å². The van der Waals surface area contributed by atoms with Gasteiger partial charge in [0.25, 0.3) is 0 Å². The molecule has 3 nitrogen and oxygen atoms in total. The summed E-state index contributed by atoms with van der Waals surface area (Å²) in [6.07, 6.45) is 5.91. The van der Waals surface area contributed by atoms with E-state index in [4.69, 9.17) is 0 Å². The van der Waals surface area contributed by atoms with Crippen LogP contribution in [0.4, 0.5) is 0 Å². The Bertz CT molecular complexity index is 516. The van der Waals surface area contributed by atoms with Crippen LogP contribution in [0.3, 0.4) is 0 Å². The second kappa shape index (κ2) is 6.29. The molecule has 1 fully saturated rings. The third-order valence-corrected chi connectivity index (χ3v) is 5.08. The molecule has 3 rings (SSSR count). The van der Waals surface area contributed by atoms with Crippen LogP contribution in [0.5, 0.6) is 0 Å². The Labute approximate surface area is 127 Å². The standard InChI is InChI=1S/C18H26N2O/c1-19(2)17-8-10-20(11-9-17)13-18(21)16-7-6-14-4-3-5-15(14)12-16/h6-7,12,17H,3-5,8-11,13H2,1-2H3. The van der Waals surface area contributed by atoms with Crippen molar-refractivity contribution in [1.29, 1.82) is 0 Å². The number of hydrogen-bond donors (Lipinski definition) is 0. The lowest BCUT2D eigenvalue weighted by Crippen LogP contribution is -2.43. The molecule has 2 aliphatic rings. The van der Waals surface area contributed by atoms with Crippen LogP contribution in [-0.4, -0.2) is 55.4 Å². The Kier molecular flexibility index (Phi) is 4.41. The van der Waals surface area contributed by atoms with Crippen molar-refractivity contribution >= 4 is 5.78 Å². The molecular weight excluding hydrogens is 260 g/mol. The zero-order valence-electron chi connectivity index (χ0n) is 13.3. The predicted molar refractivity (Wildman–Crippen MR) is 85.9 cm³/mol. The lowest BCUT2D eigenvalue weighted by molar-refractivity contribution is 0.0874. The summed E-state index contributed by atoms with van der Waals surface area (Å²) >= 11 is 0. The number of fused-ring (bicyclic) bond motifs is 1. The van der Waals surface area contributed by atoms with Crippen molar-refractivity contribution in [2.24, 2.45) is 0 Å². The molecule has 0 spiro atoms. The summed E-state index contributed by atoms with van der Waals surface area (Å²) in [6, 6.07) is 7.00. The minimum Gasteiger partial charge on any atom is -0.306 e. The van der Waals surface area contributed by atoms with Crippen molar-refractivity contribution in [2.45, 2.75) is 38.1 Å². The zero-order chi connectivity index (χ0) is 14.8. The fourth-order valence-electron chi connectivity index (χ4n) is 3.63. The SMILES string of the molecule is CN(C)C1CCN(CC(=O)c2ccc3c(c2)CCC3)CC1. The smallest absolute Gasteiger partial charge is 0.176 e. The van der Waals surface area contributed by atoms with Crippen molar-refractivity contribution in [2.75, 3.05) is 33.7 Å². The zero-order valence-corrected chi connectivity index (χ0v) is 13.3. The quantitative estimate of drug-likeness (QED) is 0.794. The van der Waals surface area contributed by atoms with Crippen LogP contribution >= 0.6 is 0 Å². The fourth-order valence-corrected chi connectivity index (χ4v) is 3.63. The monoisotopic (exact) mass is 286 g/mol. The molecule has 0 amide bonds. The first-order valence-electron chi connectivity index (χ1n) is 8.17. The minimum atomic E-state index is 0.285. The van der Waals surface area contributed by atoms with Gasteiger partial charge in [-0.15, -0.1) is 0 Å². The number of carbonyl (C=O) groups excluding carboxylic acids is 1. The van der Waals surface area contributed by atoms with Gasteiger partial charge in [0.05, 0.1) is 6.54 Å². The summed E-state index contributed by atoms with van der Waals surface area (Å²) in [6.45, 7) is 2.66. The third kappa shape index (κ3) is 3.35. The molecule has 1 aromatic rings. The number of piperidine rings is 1. The van der Waals surface area contributed by atoms with E-state index in [1.807, 2.05) is 6.07 Å². The van der Waals surface area contributed by atoms with E-state index in [0.717, 1.165) is 25.1 Å². The van der Waals surface area contributed by atoms with Crippen LogP contribution in [0.2, 0.25) is 0 Å². The molecule has 0 bridgehead atoms. The van der Waals surface area contributed by atoms with E-state index >= 15 is 0 Å². The van der Waals surface area contributed by atoms with E-state index in [9.17, 15) is 4.79 Å². The van der Waals surface area contributed by atoms with E-state index in [2.05, 4.69) is 36.0 Å². The van der Waals surface area contributed by atoms with E-state index in [-0.39, 0.29) is 5.78 Å². The number of aryl methyl sites for hydroxylation is 2. The van der Waals surface area contributed by atoms with Gasteiger partial charge in [0.1, 0.15) is 0 Å². The van der Waals surface area contributed by atoms with Crippen LogP contribution in [0.25, 0.3) is 0 Å². The van der Waals surface area contributed by atoms with E-state index in [1.165, 1.54) is 36.8 Å². The molecule has 0 radical (unpaired) electrons. The molecule has 0 aromatic heterocycles. The Morgan fingerprint density at radius 3 is 2.62 bits per heavy atom. The molecule has 1 heterocycles. The average Bonchev–Trinajstić information content (AvgIpc) is 2.95. The van der Waals surface area contributed by atoms with Gasteiger partial charge in [-0.3, -0.25) is 9.69 Å². The van der Waals surface area contributed by atoms with Crippen LogP contribution < -0.4 is 0 Å². The maximum atomic E-state index is 12.5. The van der Waals surface area contributed by atoms with Crippen molar-refractivity contribution in [1.82, 2.24) is 9.80 Å². The van der Waals surface area contributed by atoms with Crippen molar-refractivity contribution in [3.05, 3.63) is 34.9 Å². The Hall–Kier alpha value is -1.19. The highest BCUT2D eigenvalue weighted by Gasteiger charge is 2.22. The number of Topliss-reactive ketones (excluding diaryl/α,β-unsaturated/α-hetero) is 1. The Morgan fingerprint density at radius 1 is 1.19 bits per heavy atom. The molecule has 3 heteroatoms. The minimum absolute atomic E-state index is 0.285. The van der Waals surface area contributed by atoms with Crippen LogP contribution in [0, 0.1) is 0 Å². The first-order valence-corrected chi connectivity index (χ1v) is 8.17. The molecular formula is C18H26N2O. The summed E-state index contributed by atoms with van der Waals surface area (Å²) in [5, 5.41) is 0. The largest absolute Gasteiger partial charge is 0.306 e. The number of hydrogen-bond acceptors (Lipinski definition) is 3. The first-order chi connectivity index (χ1) is 10.1. The van der Waals surface area contributed by atoms with Gasteiger partial charge in [0, 0.05) is 24.7 Å². The van der Waals surface area contributed by atoms with Gasteiger partial charge < -0.3 is 4.90 Å². The molecule has 0 saturated carbocycles. The van der Waals surface area contributed by atoms with E-state index in [1.54, 1.807) is 0 Å². The topological polar surface area (TPSA) is 23.6 Å². The van der Waals surface area contributed by atoms with E-state index < -0.39 is 0 Å². The lowest BCUT2D eigenvalue weighted by atomic mass is 10.0. The third-order valence-electron chi connectivity index (χ3n) is 5.08. The molecule has 0 N–H and O–H groups in total. The van der Waals surface area contributed by atoms with Gasteiger partial charge >= 0.3 is 0 Å². The van der Waals surface area contributed by atoms with Crippen molar-refractivity contribution in [3.8, 4) is 0 Å². The molecule has 1 saturated heterocycles. The summed E-state index contributed by atoms with van der Waals surface area (Å²) in [7, 11) is 4.30. The molecule has 1 aromatic carbocycles. The summed E-state index contributed by atoms with van der Waals surface area (Å²) < 4.78 is 0. The van der Waals surface area contributed by atoms with E-state index in [0.29, 0.717) is 12.6 Å². The molecule has 1 aliphatic carbocycles. The molecule has 114 valence electrons. The van der Waals surface area contributed by atoms with Crippen molar-refractivity contribution in [3.63, 3.8) is 0 Å². The highest BCUT2D eigenvalue weighted by molar-refractivity contribution is 5.97. The lowest BCUT2D eigenvalue weighted by Gasteiger charge is -2.34. The molecule has 21 heavy (non-hydrogen) atoms. The van der Waals surface area contributed by atoms with Crippen molar-refractivity contribution < 1.29 is 4.79 Å². The number of rotatable bonds is 4. The number of nitrogens with zero attached hydrogens (tertiary/aromatic N) is 2. The average molecular weight is 286 g/mol. The van der Waals surface area contributed by atoms with Crippen LogP contribution in [0.15, 0.2) is 18.2 Å². The van der Waals surface area contributed by atoms with Gasteiger partial charge in [0.15, 0.2) is 5.78 Å². The second-order valence-electron chi connectivity index (χ2n) is 6.73. The molecule has 1 aliphatic heterocycles. The predicted octanol–water partition coefficient (Wildman–Crippen LogP) is 2.38. The molecule has 0 atom stereocenters. The maximum Gasteiger partial charge on any atom is 0.176 e. The van der Waals surface area contributed by atoms with Gasteiger partial charge in [-0.05, 0) is 63.4 Å². The first kappa shape index (κ1) is 14.7. The van der Waals surface area contributed by atoms with Gasteiger partial charge in [-0.2, -0.15) is 0 Å². The number of ketones is 1. The summed E-state index contributed by atoms with van der Waals surface area (Å²) in [4.78, 5) is 17.1. The summed E-state index contributed by atoms with van der Waals surface area (Å²) in [5.74, 6) is 0.285. The highest BCUT2D eigenvalue weighted by Crippen LogP contribution is 2.23. The Balaban J connectivity index is 1.57. The Morgan fingerprint density at radius 2 is 1.90 bits per heavy atom. The number of benzene rings is 1. The fraction of sp³-hybridized carbons (Fsp3) is 0.611.